The molecule has 3 aliphatic heterocycles. The van der Waals surface area contributed by atoms with Crippen LogP contribution in [0.1, 0.15) is 36.4 Å². The number of fused-ring (bicyclic) bond motifs is 4. The van der Waals surface area contributed by atoms with Gasteiger partial charge in [-0.05, 0) is 23.8 Å². The van der Waals surface area contributed by atoms with E-state index < -0.39 is 15.7 Å². The molecule has 2 aromatic carbocycles. The van der Waals surface area contributed by atoms with Gasteiger partial charge in [0.25, 0.3) is 0 Å². The standard InChI is InChI=1S/C21H21Cl2N3O3S/c1-30(27,28)25-10-8-21(9-11-25)26-19(15-4-2-3-5-20(15)29-21)13-18(24-26)14-6-7-16(22)17(23)12-14/h2-7,12,19H,8-11,13H2,1H3/t19-/m0/s1. The summed E-state index contributed by atoms with van der Waals surface area (Å²) in [7, 11) is -3.23. The van der Waals surface area contributed by atoms with Crippen LogP contribution in [0.25, 0.3) is 0 Å². The normalized spacial score (nSPS) is 23.0. The van der Waals surface area contributed by atoms with Crippen LogP contribution in [0.5, 0.6) is 5.75 Å². The quantitative estimate of drug-likeness (QED) is 0.663. The highest BCUT2D eigenvalue weighted by atomic mass is 35.5. The topological polar surface area (TPSA) is 62.2 Å². The largest absolute Gasteiger partial charge is 0.466 e. The van der Waals surface area contributed by atoms with Gasteiger partial charge in [-0.3, -0.25) is 0 Å². The van der Waals surface area contributed by atoms with Gasteiger partial charge in [-0.15, -0.1) is 0 Å². The van der Waals surface area contributed by atoms with Crippen LogP contribution < -0.4 is 4.74 Å². The molecule has 0 saturated carbocycles. The van der Waals surface area contributed by atoms with Crippen molar-refractivity contribution in [3.05, 3.63) is 63.6 Å². The SMILES string of the molecule is CS(=O)(=O)N1CCC2(CC1)Oc1ccccc1[C@@H]1CC(c3ccc(Cl)c(Cl)c3)=NN12. The lowest BCUT2D eigenvalue weighted by atomic mass is 9.91. The minimum Gasteiger partial charge on any atom is -0.466 e. The molecule has 1 fully saturated rings. The predicted molar refractivity (Wildman–Crippen MR) is 118 cm³/mol. The molecule has 158 valence electrons. The van der Waals surface area contributed by atoms with E-state index in [1.54, 1.807) is 6.07 Å². The van der Waals surface area contributed by atoms with E-state index in [-0.39, 0.29) is 6.04 Å². The third-order valence-corrected chi connectivity index (χ3v) is 8.17. The average Bonchev–Trinajstić information content (AvgIpc) is 3.17. The van der Waals surface area contributed by atoms with E-state index in [4.69, 9.17) is 33.0 Å². The smallest absolute Gasteiger partial charge is 0.211 e. The summed E-state index contributed by atoms with van der Waals surface area (Å²) in [5, 5.41) is 8.02. The van der Waals surface area contributed by atoms with Crippen LogP contribution in [0, 0.1) is 0 Å². The van der Waals surface area contributed by atoms with Gasteiger partial charge < -0.3 is 4.74 Å². The Morgan fingerprint density at radius 2 is 1.83 bits per heavy atom. The Labute approximate surface area is 186 Å². The van der Waals surface area contributed by atoms with Crippen molar-refractivity contribution in [1.29, 1.82) is 0 Å². The van der Waals surface area contributed by atoms with Crippen molar-refractivity contribution in [3.63, 3.8) is 0 Å². The number of piperidine rings is 1. The number of benzene rings is 2. The molecule has 0 aromatic heterocycles. The summed E-state index contributed by atoms with van der Waals surface area (Å²) in [5.41, 5.74) is 2.27. The van der Waals surface area contributed by atoms with E-state index in [0.717, 1.165) is 29.0 Å². The first-order valence-electron chi connectivity index (χ1n) is 9.82. The lowest BCUT2D eigenvalue weighted by molar-refractivity contribution is -0.143. The van der Waals surface area contributed by atoms with Gasteiger partial charge in [-0.1, -0.05) is 47.5 Å². The molecule has 0 radical (unpaired) electrons. The molecule has 9 heteroatoms. The third kappa shape index (κ3) is 3.28. The predicted octanol–water partition coefficient (Wildman–Crippen LogP) is 4.29. The number of ether oxygens (including phenoxy) is 1. The Kier molecular flexibility index (Phi) is 4.78. The zero-order valence-corrected chi connectivity index (χ0v) is 18.7. The van der Waals surface area contributed by atoms with Crippen molar-refractivity contribution < 1.29 is 13.2 Å². The summed E-state index contributed by atoms with van der Waals surface area (Å²) in [6.07, 6.45) is 3.06. The van der Waals surface area contributed by atoms with Gasteiger partial charge in [0.2, 0.25) is 15.7 Å². The maximum absolute atomic E-state index is 12.0. The number of halogens is 2. The van der Waals surface area contributed by atoms with E-state index in [9.17, 15) is 8.42 Å². The lowest BCUT2D eigenvalue weighted by Gasteiger charge is -2.50. The molecule has 1 spiro atoms. The van der Waals surface area contributed by atoms with Gasteiger partial charge in [0, 0.05) is 37.9 Å². The van der Waals surface area contributed by atoms with E-state index >= 15 is 0 Å². The minimum atomic E-state index is -3.23. The van der Waals surface area contributed by atoms with Crippen LogP contribution in [-0.4, -0.2) is 48.5 Å². The molecule has 2 aromatic rings. The van der Waals surface area contributed by atoms with Crippen molar-refractivity contribution in [2.24, 2.45) is 5.10 Å². The number of nitrogens with zero attached hydrogens (tertiary/aromatic N) is 3. The Morgan fingerprint density at radius 1 is 1.10 bits per heavy atom. The molecule has 0 amide bonds. The molecule has 0 bridgehead atoms. The Balaban J connectivity index is 1.54. The summed E-state index contributed by atoms with van der Waals surface area (Å²) in [6, 6.07) is 13.6. The van der Waals surface area contributed by atoms with Crippen LogP contribution in [0.4, 0.5) is 0 Å². The van der Waals surface area contributed by atoms with Gasteiger partial charge >= 0.3 is 0 Å². The highest BCUT2D eigenvalue weighted by molar-refractivity contribution is 7.88. The van der Waals surface area contributed by atoms with E-state index in [1.165, 1.54) is 10.6 Å². The fourth-order valence-corrected chi connectivity index (χ4v) is 5.72. The Hall–Kier alpha value is -1.80. The zero-order chi connectivity index (χ0) is 21.1. The minimum absolute atomic E-state index is 0.0317. The monoisotopic (exact) mass is 465 g/mol. The first kappa shape index (κ1) is 20.1. The van der Waals surface area contributed by atoms with E-state index in [2.05, 4.69) is 6.07 Å². The summed E-state index contributed by atoms with van der Waals surface area (Å²) < 4.78 is 32.0. The zero-order valence-electron chi connectivity index (χ0n) is 16.4. The van der Waals surface area contributed by atoms with Crippen molar-refractivity contribution in [3.8, 4) is 5.75 Å². The lowest BCUT2D eigenvalue weighted by Crippen LogP contribution is -2.59. The second kappa shape index (κ2) is 7.12. The molecule has 3 aliphatic rings. The second-order valence-electron chi connectivity index (χ2n) is 7.99. The van der Waals surface area contributed by atoms with Crippen molar-refractivity contribution >= 4 is 38.9 Å². The summed E-state index contributed by atoms with van der Waals surface area (Å²) in [4.78, 5) is 0. The second-order valence-corrected chi connectivity index (χ2v) is 10.8. The fourth-order valence-electron chi connectivity index (χ4n) is 4.58. The maximum atomic E-state index is 12.0. The number of hydrazone groups is 1. The molecule has 0 aliphatic carbocycles. The van der Waals surface area contributed by atoms with Crippen LogP contribution in [-0.2, 0) is 10.0 Å². The average molecular weight is 466 g/mol. The molecular weight excluding hydrogens is 445 g/mol. The van der Waals surface area contributed by atoms with Gasteiger partial charge in [0.05, 0.1) is 28.1 Å². The third-order valence-electron chi connectivity index (χ3n) is 6.13. The molecule has 5 rings (SSSR count). The summed E-state index contributed by atoms with van der Waals surface area (Å²) >= 11 is 12.3. The van der Waals surface area contributed by atoms with Crippen molar-refractivity contribution in [2.45, 2.75) is 31.0 Å². The number of hydrogen-bond acceptors (Lipinski definition) is 5. The molecule has 3 heterocycles. The first-order chi connectivity index (χ1) is 14.3. The molecular formula is C21H21Cl2N3O3S. The first-order valence-corrected chi connectivity index (χ1v) is 12.4. The van der Waals surface area contributed by atoms with Crippen molar-refractivity contribution in [1.82, 2.24) is 9.31 Å². The maximum Gasteiger partial charge on any atom is 0.211 e. The molecule has 30 heavy (non-hydrogen) atoms. The van der Waals surface area contributed by atoms with E-state index in [0.29, 0.717) is 36.0 Å². The highest BCUT2D eigenvalue weighted by Crippen LogP contribution is 2.50. The summed E-state index contributed by atoms with van der Waals surface area (Å²) in [6.45, 7) is 0.809. The molecule has 0 unspecified atom stereocenters. The number of rotatable bonds is 2. The van der Waals surface area contributed by atoms with Crippen LogP contribution >= 0.6 is 23.2 Å². The van der Waals surface area contributed by atoms with E-state index in [1.807, 2.05) is 35.3 Å². The van der Waals surface area contributed by atoms with Gasteiger partial charge in [-0.25, -0.2) is 17.7 Å². The Morgan fingerprint density at radius 3 is 2.53 bits per heavy atom. The van der Waals surface area contributed by atoms with Gasteiger partial charge in [-0.2, -0.15) is 5.10 Å². The molecule has 1 atom stereocenters. The highest BCUT2D eigenvalue weighted by Gasteiger charge is 2.52. The van der Waals surface area contributed by atoms with Crippen LogP contribution in [0.2, 0.25) is 10.0 Å². The number of para-hydroxylation sites is 1. The molecule has 6 nitrogen and oxygen atoms in total. The molecule has 1 saturated heterocycles. The fraction of sp³-hybridized carbons (Fsp3) is 0.381. The van der Waals surface area contributed by atoms with Gasteiger partial charge in [0.1, 0.15) is 5.75 Å². The summed E-state index contributed by atoms with van der Waals surface area (Å²) in [5.74, 6) is 0.845. The van der Waals surface area contributed by atoms with Crippen LogP contribution in [0.15, 0.2) is 47.6 Å². The number of hydrogen-bond donors (Lipinski definition) is 0. The Bertz CT molecular complexity index is 1140. The number of sulfonamides is 1. The van der Waals surface area contributed by atoms with Crippen molar-refractivity contribution in [2.75, 3.05) is 19.3 Å². The van der Waals surface area contributed by atoms with Gasteiger partial charge in [0.15, 0.2) is 0 Å². The molecule has 0 N–H and O–H groups in total. The van der Waals surface area contributed by atoms with Crippen LogP contribution in [0.3, 0.4) is 0 Å².